The predicted molar refractivity (Wildman–Crippen MR) is 126 cm³/mol. The number of aromatic nitrogens is 3. The minimum absolute atomic E-state index is 0.0348. The molecule has 0 saturated carbocycles. The molecular formula is C25H27N5O4. The molecule has 2 aromatic heterocycles. The van der Waals surface area contributed by atoms with E-state index in [1.165, 1.54) is 9.58 Å². The molecule has 1 unspecified atom stereocenters. The summed E-state index contributed by atoms with van der Waals surface area (Å²) in [4.78, 5) is 18.6. The Morgan fingerprint density at radius 3 is 2.76 bits per heavy atom. The molecule has 3 N–H and O–H groups in total. The number of fused-ring (bicyclic) bond motifs is 1. The summed E-state index contributed by atoms with van der Waals surface area (Å²) in [6.45, 7) is 3.24. The molecule has 3 aromatic rings. The zero-order valence-electron chi connectivity index (χ0n) is 19.3. The molecule has 0 spiro atoms. The Bertz CT molecular complexity index is 1220. The number of aliphatic hydroxyl groups excluding tert-OH is 1. The van der Waals surface area contributed by atoms with Gasteiger partial charge in [-0.2, -0.15) is 5.10 Å². The molecule has 1 amide bonds. The molecule has 0 aliphatic carbocycles. The van der Waals surface area contributed by atoms with Crippen LogP contribution in [0.5, 0.6) is 5.75 Å². The molecule has 0 fully saturated rings. The minimum atomic E-state index is -1.22. The number of benzene rings is 1. The first-order valence-corrected chi connectivity index (χ1v) is 10.9. The van der Waals surface area contributed by atoms with Gasteiger partial charge in [0.15, 0.2) is 0 Å². The van der Waals surface area contributed by atoms with Crippen LogP contribution >= 0.6 is 0 Å². The fourth-order valence-corrected chi connectivity index (χ4v) is 3.52. The maximum Gasteiger partial charge on any atom is 0.247 e. The van der Waals surface area contributed by atoms with Gasteiger partial charge < -0.3 is 19.8 Å². The first-order chi connectivity index (χ1) is 16.2. The lowest BCUT2D eigenvalue weighted by molar-refractivity contribution is -0.122. The number of pyridine rings is 1. The van der Waals surface area contributed by atoms with Gasteiger partial charge in [0.1, 0.15) is 24.0 Å². The van der Waals surface area contributed by atoms with E-state index < -0.39 is 18.0 Å². The Labute approximate surface area is 198 Å². The van der Waals surface area contributed by atoms with Crippen molar-refractivity contribution in [3.05, 3.63) is 71.8 Å². The molecule has 0 saturated heterocycles. The van der Waals surface area contributed by atoms with Crippen molar-refractivity contribution in [1.82, 2.24) is 20.1 Å². The van der Waals surface area contributed by atoms with E-state index >= 15 is 0 Å². The third kappa shape index (κ3) is 5.61. The number of carbonyl (C=O) groups excluding carboxylic acids is 1. The number of anilines is 1. The topological polar surface area (TPSA) is 113 Å². The number of amides is 1. The van der Waals surface area contributed by atoms with Gasteiger partial charge in [0.05, 0.1) is 11.9 Å². The third-order valence-corrected chi connectivity index (χ3v) is 5.28. The lowest BCUT2D eigenvalue weighted by Crippen LogP contribution is -2.49. The third-order valence-electron chi connectivity index (χ3n) is 5.28. The number of hydrogen-bond acceptors (Lipinski definition) is 7. The van der Waals surface area contributed by atoms with Crippen LogP contribution in [0.4, 0.5) is 5.69 Å². The first kappa shape index (κ1) is 23.4. The molecule has 176 valence electrons. The quantitative estimate of drug-likeness (QED) is 0.389. The Balaban J connectivity index is 1.45. The van der Waals surface area contributed by atoms with Crippen molar-refractivity contribution in [3.8, 4) is 17.6 Å². The molecule has 9 nitrogen and oxygen atoms in total. The standard InChI is InChI=1S/C25H27N5O4/c1-25(2,33)9-6-17-4-5-22-21(13-17)29(3)23(31)20(16-34-22)28-24(32)30-15-19(14-27-30)12-18-7-10-26-11-8-18/h4-5,7-8,10-11,13-15,20,24,28,32-33H,12,16H2,1-3H3/t20-,24?/m0/s1. The summed E-state index contributed by atoms with van der Waals surface area (Å²) in [7, 11) is 1.64. The lowest BCUT2D eigenvalue weighted by Gasteiger charge is -2.23. The molecule has 34 heavy (non-hydrogen) atoms. The van der Waals surface area contributed by atoms with Gasteiger partial charge in [-0.25, -0.2) is 4.68 Å². The van der Waals surface area contributed by atoms with Gasteiger partial charge in [0.2, 0.25) is 12.3 Å². The Hall–Kier alpha value is -3.71. The van der Waals surface area contributed by atoms with E-state index in [0.717, 1.165) is 11.1 Å². The summed E-state index contributed by atoms with van der Waals surface area (Å²) in [5.41, 5.74) is 2.08. The minimum Gasteiger partial charge on any atom is -0.489 e. The number of nitrogens with zero attached hydrogens (tertiary/aromatic N) is 4. The second-order valence-corrected chi connectivity index (χ2v) is 8.65. The van der Waals surface area contributed by atoms with E-state index in [0.29, 0.717) is 23.4 Å². The number of ether oxygens (including phenoxy) is 1. The fraction of sp³-hybridized carbons (Fsp3) is 0.320. The monoisotopic (exact) mass is 461 g/mol. The zero-order valence-corrected chi connectivity index (χ0v) is 19.3. The highest BCUT2D eigenvalue weighted by molar-refractivity contribution is 5.99. The SMILES string of the molecule is CN1C(=O)[C@@H](NC(O)n2cc(Cc3ccncc3)cn2)COc2ccc(C#CC(C)(C)O)cc21. The van der Waals surface area contributed by atoms with Crippen LogP contribution < -0.4 is 15.0 Å². The van der Waals surface area contributed by atoms with Crippen molar-refractivity contribution in [1.29, 1.82) is 0 Å². The molecule has 9 heteroatoms. The van der Waals surface area contributed by atoms with Crippen LogP contribution in [0.25, 0.3) is 0 Å². The van der Waals surface area contributed by atoms with E-state index in [4.69, 9.17) is 4.74 Å². The van der Waals surface area contributed by atoms with Gasteiger partial charge in [-0.1, -0.05) is 11.8 Å². The fourth-order valence-electron chi connectivity index (χ4n) is 3.52. The maximum absolute atomic E-state index is 13.1. The normalized spacial score (nSPS) is 16.7. The van der Waals surface area contributed by atoms with Crippen LogP contribution in [0.1, 0.15) is 36.9 Å². The Morgan fingerprint density at radius 1 is 1.26 bits per heavy atom. The van der Waals surface area contributed by atoms with Crippen LogP contribution in [0, 0.1) is 11.8 Å². The largest absolute Gasteiger partial charge is 0.489 e. The average molecular weight is 462 g/mol. The van der Waals surface area contributed by atoms with Crippen molar-refractivity contribution >= 4 is 11.6 Å². The van der Waals surface area contributed by atoms with Crippen molar-refractivity contribution in [2.24, 2.45) is 0 Å². The highest BCUT2D eigenvalue weighted by Crippen LogP contribution is 2.31. The van der Waals surface area contributed by atoms with Gasteiger partial charge in [0, 0.05) is 37.6 Å². The molecule has 1 aliphatic heterocycles. The summed E-state index contributed by atoms with van der Waals surface area (Å²) >= 11 is 0. The zero-order chi connectivity index (χ0) is 24.3. The van der Waals surface area contributed by atoms with Gasteiger partial charge >= 0.3 is 0 Å². The summed E-state index contributed by atoms with van der Waals surface area (Å²) < 4.78 is 7.22. The summed E-state index contributed by atoms with van der Waals surface area (Å²) in [5, 5.41) is 27.6. The molecular weight excluding hydrogens is 434 g/mol. The van der Waals surface area contributed by atoms with E-state index in [-0.39, 0.29) is 12.5 Å². The number of hydrogen-bond donors (Lipinski definition) is 3. The van der Waals surface area contributed by atoms with Crippen LogP contribution in [0.3, 0.4) is 0 Å². The highest BCUT2D eigenvalue weighted by Gasteiger charge is 2.31. The predicted octanol–water partition coefficient (Wildman–Crippen LogP) is 1.45. The van der Waals surface area contributed by atoms with Crippen molar-refractivity contribution in [3.63, 3.8) is 0 Å². The van der Waals surface area contributed by atoms with Crippen LogP contribution in [-0.4, -0.2) is 56.2 Å². The van der Waals surface area contributed by atoms with Crippen LogP contribution in [0.2, 0.25) is 0 Å². The number of likely N-dealkylation sites (N-methyl/N-ethyl adjacent to an activating group) is 1. The maximum atomic E-state index is 13.1. The lowest BCUT2D eigenvalue weighted by atomic mass is 10.1. The number of aliphatic hydroxyl groups is 2. The van der Waals surface area contributed by atoms with Crippen molar-refractivity contribution in [2.45, 2.75) is 38.3 Å². The molecule has 2 atom stereocenters. The molecule has 1 aromatic carbocycles. The molecule has 0 bridgehead atoms. The number of carbonyl (C=O) groups is 1. The van der Waals surface area contributed by atoms with Crippen LogP contribution in [-0.2, 0) is 11.2 Å². The van der Waals surface area contributed by atoms with Crippen molar-refractivity contribution < 1.29 is 19.7 Å². The van der Waals surface area contributed by atoms with E-state index in [1.807, 2.05) is 12.1 Å². The number of rotatable bonds is 5. The van der Waals surface area contributed by atoms with E-state index in [1.54, 1.807) is 63.9 Å². The molecule has 4 rings (SSSR count). The Kier molecular flexibility index (Phi) is 6.65. The second kappa shape index (κ2) is 9.65. The van der Waals surface area contributed by atoms with Crippen LogP contribution in [0.15, 0.2) is 55.1 Å². The smallest absolute Gasteiger partial charge is 0.247 e. The second-order valence-electron chi connectivity index (χ2n) is 8.65. The van der Waals surface area contributed by atoms with Crippen molar-refractivity contribution in [2.75, 3.05) is 18.6 Å². The molecule has 1 aliphatic rings. The highest BCUT2D eigenvalue weighted by atomic mass is 16.5. The molecule has 3 heterocycles. The molecule has 0 radical (unpaired) electrons. The number of nitrogens with one attached hydrogen (secondary N) is 1. The summed E-state index contributed by atoms with van der Waals surface area (Å²) in [6, 6.07) is 8.29. The van der Waals surface area contributed by atoms with Gasteiger partial charge in [-0.05, 0) is 55.3 Å². The Morgan fingerprint density at radius 2 is 2.03 bits per heavy atom. The summed E-state index contributed by atoms with van der Waals surface area (Å²) in [6.07, 6.45) is 6.29. The summed E-state index contributed by atoms with van der Waals surface area (Å²) in [5.74, 6) is 5.93. The average Bonchev–Trinajstić information content (AvgIpc) is 3.24. The van der Waals surface area contributed by atoms with Gasteiger partial charge in [-0.3, -0.25) is 15.1 Å². The van der Waals surface area contributed by atoms with Gasteiger partial charge in [0.25, 0.3) is 0 Å². The van der Waals surface area contributed by atoms with E-state index in [2.05, 4.69) is 27.2 Å². The van der Waals surface area contributed by atoms with E-state index in [9.17, 15) is 15.0 Å². The van der Waals surface area contributed by atoms with Gasteiger partial charge in [-0.15, -0.1) is 0 Å². The first-order valence-electron chi connectivity index (χ1n) is 10.9.